The number of ether oxygens (including phenoxy) is 1. The quantitative estimate of drug-likeness (QED) is 0.713. The van der Waals surface area contributed by atoms with Gasteiger partial charge in [-0.3, -0.25) is 0 Å². The summed E-state index contributed by atoms with van der Waals surface area (Å²) in [6.07, 6.45) is 4.61. The molecular weight excluding hydrogens is 164 g/mol. The fourth-order valence-electron chi connectivity index (χ4n) is 2.08. The third kappa shape index (κ3) is 2.96. The SMILES string of the molecule is COC(C(C)C)C(O)CC1CCC1. The molecule has 1 aliphatic rings. The number of aliphatic hydroxyl groups excluding tert-OH is 1. The Bertz CT molecular complexity index is 141. The Hall–Kier alpha value is -0.0800. The zero-order valence-corrected chi connectivity index (χ0v) is 8.99. The molecule has 0 radical (unpaired) electrons. The molecule has 0 aromatic carbocycles. The molecule has 0 spiro atoms. The van der Waals surface area contributed by atoms with Crippen LogP contribution in [0.15, 0.2) is 0 Å². The molecule has 0 heterocycles. The highest BCUT2D eigenvalue weighted by molar-refractivity contribution is 4.79. The molecule has 0 saturated heterocycles. The first-order valence-corrected chi connectivity index (χ1v) is 5.36. The second kappa shape index (κ2) is 4.97. The molecule has 2 heteroatoms. The third-order valence-electron chi connectivity index (χ3n) is 3.11. The Kier molecular flexibility index (Phi) is 4.20. The van der Waals surface area contributed by atoms with Crippen LogP contribution >= 0.6 is 0 Å². The van der Waals surface area contributed by atoms with E-state index < -0.39 is 0 Å². The van der Waals surface area contributed by atoms with E-state index in [9.17, 15) is 5.11 Å². The van der Waals surface area contributed by atoms with Gasteiger partial charge in [0.25, 0.3) is 0 Å². The Labute approximate surface area is 81.3 Å². The van der Waals surface area contributed by atoms with Gasteiger partial charge in [0.2, 0.25) is 0 Å². The van der Waals surface area contributed by atoms with Crippen LogP contribution in [-0.4, -0.2) is 24.4 Å². The Morgan fingerprint density at radius 2 is 2.00 bits per heavy atom. The van der Waals surface area contributed by atoms with Crippen molar-refractivity contribution in [1.29, 1.82) is 0 Å². The molecule has 1 saturated carbocycles. The largest absolute Gasteiger partial charge is 0.390 e. The molecule has 0 amide bonds. The summed E-state index contributed by atoms with van der Waals surface area (Å²) in [5.41, 5.74) is 0. The predicted molar refractivity (Wildman–Crippen MR) is 53.6 cm³/mol. The number of hydrogen-bond acceptors (Lipinski definition) is 2. The van der Waals surface area contributed by atoms with Crippen LogP contribution in [0.3, 0.4) is 0 Å². The van der Waals surface area contributed by atoms with Crippen LogP contribution < -0.4 is 0 Å². The zero-order chi connectivity index (χ0) is 9.84. The lowest BCUT2D eigenvalue weighted by Crippen LogP contribution is -2.35. The minimum atomic E-state index is -0.268. The normalized spacial score (nSPS) is 22.8. The van der Waals surface area contributed by atoms with Crippen LogP contribution in [0.2, 0.25) is 0 Å². The summed E-state index contributed by atoms with van der Waals surface area (Å²) in [6.45, 7) is 4.19. The van der Waals surface area contributed by atoms with Gasteiger partial charge in [-0.05, 0) is 18.3 Å². The number of aliphatic hydroxyl groups is 1. The monoisotopic (exact) mass is 186 g/mol. The zero-order valence-electron chi connectivity index (χ0n) is 8.99. The molecule has 0 bridgehead atoms. The van der Waals surface area contributed by atoms with Crippen molar-refractivity contribution in [2.45, 2.75) is 51.7 Å². The third-order valence-corrected chi connectivity index (χ3v) is 3.11. The second-order valence-electron chi connectivity index (χ2n) is 4.54. The molecule has 1 aliphatic carbocycles. The molecular formula is C11H22O2. The molecule has 78 valence electrons. The molecule has 1 N–H and O–H groups in total. The van der Waals surface area contributed by atoms with Gasteiger partial charge in [0.05, 0.1) is 12.2 Å². The lowest BCUT2D eigenvalue weighted by molar-refractivity contribution is -0.0514. The van der Waals surface area contributed by atoms with E-state index in [0.29, 0.717) is 5.92 Å². The molecule has 1 fully saturated rings. The van der Waals surface area contributed by atoms with Gasteiger partial charge >= 0.3 is 0 Å². The highest BCUT2D eigenvalue weighted by Gasteiger charge is 2.27. The number of methoxy groups -OCH3 is 1. The smallest absolute Gasteiger partial charge is 0.0853 e. The van der Waals surface area contributed by atoms with E-state index in [-0.39, 0.29) is 12.2 Å². The van der Waals surface area contributed by atoms with Crippen LogP contribution in [-0.2, 0) is 4.74 Å². The Morgan fingerprint density at radius 1 is 1.38 bits per heavy atom. The maximum absolute atomic E-state index is 9.89. The Balaban J connectivity index is 2.29. The van der Waals surface area contributed by atoms with Crippen molar-refractivity contribution in [2.24, 2.45) is 11.8 Å². The molecule has 0 aromatic heterocycles. The van der Waals surface area contributed by atoms with E-state index in [0.717, 1.165) is 12.3 Å². The van der Waals surface area contributed by atoms with Crippen LogP contribution in [0.1, 0.15) is 39.5 Å². The summed E-state index contributed by atoms with van der Waals surface area (Å²) in [5.74, 6) is 1.16. The molecule has 0 aliphatic heterocycles. The fraction of sp³-hybridized carbons (Fsp3) is 1.00. The summed E-state index contributed by atoms with van der Waals surface area (Å²) >= 11 is 0. The minimum Gasteiger partial charge on any atom is -0.390 e. The van der Waals surface area contributed by atoms with Gasteiger partial charge in [0, 0.05) is 7.11 Å². The van der Waals surface area contributed by atoms with Crippen molar-refractivity contribution in [3.8, 4) is 0 Å². The van der Waals surface area contributed by atoms with E-state index >= 15 is 0 Å². The first-order valence-electron chi connectivity index (χ1n) is 5.36. The Morgan fingerprint density at radius 3 is 2.31 bits per heavy atom. The van der Waals surface area contributed by atoms with Crippen LogP contribution in [0, 0.1) is 11.8 Å². The van der Waals surface area contributed by atoms with E-state index in [2.05, 4.69) is 13.8 Å². The maximum atomic E-state index is 9.89. The van der Waals surface area contributed by atoms with Gasteiger partial charge in [-0.25, -0.2) is 0 Å². The molecule has 0 aromatic rings. The average Bonchev–Trinajstić information content (AvgIpc) is 1.97. The summed E-state index contributed by atoms with van der Waals surface area (Å²) in [5, 5.41) is 9.89. The van der Waals surface area contributed by atoms with Crippen molar-refractivity contribution in [3.05, 3.63) is 0 Å². The van der Waals surface area contributed by atoms with Crippen molar-refractivity contribution in [1.82, 2.24) is 0 Å². The summed E-state index contributed by atoms with van der Waals surface area (Å²) in [6, 6.07) is 0. The molecule has 2 unspecified atom stereocenters. The van der Waals surface area contributed by atoms with E-state index in [1.807, 2.05) is 0 Å². The molecule has 2 nitrogen and oxygen atoms in total. The number of rotatable bonds is 5. The van der Waals surface area contributed by atoms with Gasteiger partial charge in [0.15, 0.2) is 0 Å². The lowest BCUT2D eigenvalue weighted by Gasteiger charge is -2.32. The van der Waals surface area contributed by atoms with Gasteiger partial charge in [-0.15, -0.1) is 0 Å². The van der Waals surface area contributed by atoms with Crippen molar-refractivity contribution < 1.29 is 9.84 Å². The van der Waals surface area contributed by atoms with Gasteiger partial charge in [-0.1, -0.05) is 33.1 Å². The summed E-state index contributed by atoms with van der Waals surface area (Å²) < 4.78 is 5.29. The number of hydrogen-bond donors (Lipinski definition) is 1. The molecule has 1 rings (SSSR count). The molecule has 2 atom stereocenters. The van der Waals surface area contributed by atoms with Crippen molar-refractivity contribution >= 4 is 0 Å². The molecule has 13 heavy (non-hydrogen) atoms. The standard InChI is InChI=1S/C11H22O2/c1-8(2)11(13-3)10(12)7-9-5-4-6-9/h8-12H,4-7H2,1-3H3. The highest BCUT2D eigenvalue weighted by atomic mass is 16.5. The first-order chi connectivity index (χ1) is 6.15. The van der Waals surface area contributed by atoms with Crippen molar-refractivity contribution in [3.63, 3.8) is 0 Å². The van der Waals surface area contributed by atoms with Crippen LogP contribution in [0.25, 0.3) is 0 Å². The van der Waals surface area contributed by atoms with Gasteiger partial charge in [-0.2, -0.15) is 0 Å². The lowest BCUT2D eigenvalue weighted by atomic mass is 9.79. The van der Waals surface area contributed by atoms with Gasteiger partial charge < -0.3 is 9.84 Å². The second-order valence-corrected chi connectivity index (χ2v) is 4.54. The van der Waals surface area contributed by atoms with Crippen LogP contribution in [0.5, 0.6) is 0 Å². The average molecular weight is 186 g/mol. The first kappa shape index (κ1) is 11.0. The predicted octanol–water partition coefficient (Wildman–Crippen LogP) is 2.21. The van der Waals surface area contributed by atoms with E-state index in [1.165, 1.54) is 19.3 Å². The van der Waals surface area contributed by atoms with Crippen LogP contribution in [0.4, 0.5) is 0 Å². The van der Waals surface area contributed by atoms with Gasteiger partial charge in [0.1, 0.15) is 0 Å². The van der Waals surface area contributed by atoms with E-state index in [1.54, 1.807) is 7.11 Å². The summed E-state index contributed by atoms with van der Waals surface area (Å²) in [7, 11) is 1.69. The highest BCUT2D eigenvalue weighted by Crippen LogP contribution is 2.32. The van der Waals surface area contributed by atoms with E-state index in [4.69, 9.17) is 4.74 Å². The fourth-order valence-corrected chi connectivity index (χ4v) is 2.08. The van der Waals surface area contributed by atoms with Crippen molar-refractivity contribution in [2.75, 3.05) is 7.11 Å². The minimum absolute atomic E-state index is 0.0144. The summed E-state index contributed by atoms with van der Waals surface area (Å²) in [4.78, 5) is 0. The topological polar surface area (TPSA) is 29.5 Å². The maximum Gasteiger partial charge on any atom is 0.0853 e.